The van der Waals surface area contributed by atoms with E-state index in [-0.39, 0.29) is 6.23 Å². The standard InChI is InChI=1S/C18H18N2O/c1-2-18-20-16(14-10-6-7-11-17(14)21-18)12-15(19-20)13-8-4-3-5-9-13/h3-11,16,18H,2,12H2,1H3/t16-,18+/m1/s1. The van der Waals surface area contributed by atoms with E-state index in [1.54, 1.807) is 0 Å². The van der Waals surface area contributed by atoms with Crippen LogP contribution in [0.4, 0.5) is 0 Å². The Bertz CT molecular complexity index is 681. The fourth-order valence-corrected chi connectivity index (χ4v) is 3.18. The topological polar surface area (TPSA) is 24.8 Å². The molecule has 106 valence electrons. The summed E-state index contributed by atoms with van der Waals surface area (Å²) in [6.07, 6.45) is 1.91. The van der Waals surface area contributed by atoms with Crippen molar-refractivity contribution in [2.45, 2.75) is 32.0 Å². The number of ether oxygens (including phenoxy) is 1. The Morgan fingerprint density at radius 3 is 2.67 bits per heavy atom. The number of hydrazone groups is 1. The van der Waals surface area contributed by atoms with Gasteiger partial charge in [0.15, 0.2) is 6.23 Å². The van der Waals surface area contributed by atoms with Crippen LogP contribution in [0, 0.1) is 0 Å². The summed E-state index contributed by atoms with van der Waals surface area (Å²) < 4.78 is 6.10. The lowest BCUT2D eigenvalue weighted by molar-refractivity contribution is -0.0188. The predicted molar refractivity (Wildman–Crippen MR) is 83.3 cm³/mol. The predicted octanol–water partition coefficient (Wildman–Crippen LogP) is 3.97. The van der Waals surface area contributed by atoms with Gasteiger partial charge in [0.25, 0.3) is 0 Å². The number of hydrogen-bond donors (Lipinski definition) is 0. The van der Waals surface area contributed by atoms with Gasteiger partial charge >= 0.3 is 0 Å². The molecule has 0 unspecified atom stereocenters. The van der Waals surface area contributed by atoms with Gasteiger partial charge in [-0.1, -0.05) is 55.5 Å². The summed E-state index contributed by atoms with van der Waals surface area (Å²) in [6, 6.07) is 19.1. The van der Waals surface area contributed by atoms with Crippen molar-refractivity contribution in [3.05, 3.63) is 65.7 Å². The van der Waals surface area contributed by atoms with Crippen molar-refractivity contribution < 1.29 is 4.74 Å². The van der Waals surface area contributed by atoms with Crippen LogP contribution in [0.15, 0.2) is 59.7 Å². The molecule has 2 aliphatic rings. The van der Waals surface area contributed by atoms with E-state index >= 15 is 0 Å². The van der Waals surface area contributed by atoms with E-state index in [1.807, 2.05) is 12.1 Å². The molecule has 2 atom stereocenters. The quantitative estimate of drug-likeness (QED) is 0.830. The van der Waals surface area contributed by atoms with Crippen LogP contribution in [0.25, 0.3) is 0 Å². The summed E-state index contributed by atoms with van der Waals surface area (Å²) in [5.41, 5.74) is 3.61. The summed E-state index contributed by atoms with van der Waals surface area (Å²) >= 11 is 0. The first-order valence-electron chi connectivity index (χ1n) is 7.53. The lowest BCUT2D eigenvalue weighted by atomic mass is 9.96. The Morgan fingerprint density at radius 1 is 1.10 bits per heavy atom. The summed E-state index contributed by atoms with van der Waals surface area (Å²) in [5, 5.41) is 7.00. The molecular weight excluding hydrogens is 260 g/mol. The Kier molecular flexibility index (Phi) is 2.92. The highest BCUT2D eigenvalue weighted by Crippen LogP contribution is 2.43. The van der Waals surface area contributed by atoms with E-state index in [0.717, 1.165) is 24.3 Å². The highest BCUT2D eigenvalue weighted by atomic mass is 16.5. The van der Waals surface area contributed by atoms with Crippen molar-refractivity contribution in [3.8, 4) is 5.75 Å². The van der Waals surface area contributed by atoms with Gasteiger partial charge in [-0.3, -0.25) is 5.01 Å². The Labute approximate surface area is 124 Å². The van der Waals surface area contributed by atoms with Crippen molar-refractivity contribution in [1.29, 1.82) is 0 Å². The van der Waals surface area contributed by atoms with E-state index < -0.39 is 0 Å². The minimum Gasteiger partial charge on any atom is -0.469 e. The fourth-order valence-electron chi connectivity index (χ4n) is 3.18. The molecule has 0 saturated carbocycles. The monoisotopic (exact) mass is 278 g/mol. The van der Waals surface area contributed by atoms with Crippen LogP contribution in [0.1, 0.15) is 36.9 Å². The number of hydrogen-bond acceptors (Lipinski definition) is 3. The molecule has 0 N–H and O–H groups in total. The van der Waals surface area contributed by atoms with Crippen molar-refractivity contribution in [1.82, 2.24) is 5.01 Å². The fraction of sp³-hybridized carbons (Fsp3) is 0.278. The van der Waals surface area contributed by atoms with Crippen LogP contribution < -0.4 is 4.74 Å². The average Bonchev–Trinajstić information content (AvgIpc) is 3.00. The third kappa shape index (κ3) is 2.00. The lowest BCUT2D eigenvalue weighted by Crippen LogP contribution is -2.39. The molecule has 0 spiro atoms. The maximum absolute atomic E-state index is 6.10. The highest BCUT2D eigenvalue weighted by molar-refractivity contribution is 6.01. The number of nitrogens with zero attached hydrogens (tertiary/aromatic N) is 2. The lowest BCUT2D eigenvalue weighted by Gasteiger charge is -2.37. The molecule has 0 fully saturated rings. The SMILES string of the molecule is CC[C@@H]1Oc2ccccc2[C@H]2CC(c3ccccc3)=NN12. The first-order valence-corrected chi connectivity index (χ1v) is 7.53. The summed E-state index contributed by atoms with van der Waals surface area (Å²) in [4.78, 5) is 0. The van der Waals surface area contributed by atoms with Gasteiger partial charge in [-0.25, -0.2) is 0 Å². The van der Waals surface area contributed by atoms with Crippen LogP contribution in [0.2, 0.25) is 0 Å². The second-order valence-corrected chi connectivity index (χ2v) is 5.53. The second kappa shape index (κ2) is 4.92. The first-order chi connectivity index (χ1) is 10.4. The third-order valence-electron chi connectivity index (χ3n) is 4.23. The molecule has 3 heteroatoms. The number of para-hydroxylation sites is 1. The van der Waals surface area contributed by atoms with Crippen LogP contribution in [0.3, 0.4) is 0 Å². The Hall–Kier alpha value is -2.29. The molecule has 2 aliphatic heterocycles. The van der Waals surface area contributed by atoms with Gasteiger partial charge < -0.3 is 4.74 Å². The van der Waals surface area contributed by atoms with Gasteiger partial charge in [-0.05, 0) is 11.6 Å². The number of fused-ring (bicyclic) bond motifs is 3. The third-order valence-corrected chi connectivity index (χ3v) is 4.23. The number of benzene rings is 2. The first kappa shape index (κ1) is 12.5. The Morgan fingerprint density at radius 2 is 1.86 bits per heavy atom. The molecule has 3 nitrogen and oxygen atoms in total. The highest BCUT2D eigenvalue weighted by Gasteiger charge is 2.39. The molecule has 0 aliphatic carbocycles. The summed E-state index contributed by atoms with van der Waals surface area (Å²) in [7, 11) is 0. The molecule has 0 aromatic heterocycles. The molecule has 0 saturated heterocycles. The molecule has 2 aromatic carbocycles. The van der Waals surface area contributed by atoms with Crippen molar-refractivity contribution in [2.75, 3.05) is 0 Å². The van der Waals surface area contributed by atoms with E-state index in [0.29, 0.717) is 6.04 Å². The molecule has 21 heavy (non-hydrogen) atoms. The molecule has 4 rings (SSSR count). The van der Waals surface area contributed by atoms with Crippen molar-refractivity contribution in [3.63, 3.8) is 0 Å². The zero-order valence-electron chi connectivity index (χ0n) is 12.1. The van der Waals surface area contributed by atoms with Gasteiger partial charge in [0, 0.05) is 18.4 Å². The van der Waals surface area contributed by atoms with Gasteiger partial charge in [0.2, 0.25) is 0 Å². The largest absolute Gasteiger partial charge is 0.469 e. The van der Waals surface area contributed by atoms with Crippen LogP contribution in [-0.2, 0) is 0 Å². The molecule has 0 bridgehead atoms. The van der Waals surface area contributed by atoms with Gasteiger partial charge in [0.1, 0.15) is 5.75 Å². The van der Waals surface area contributed by atoms with Gasteiger partial charge in [-0.2, -0.15) is 5.10 Å². The van der Waals surface area contributed by atoms with Crippen molar-refractivity contribution >= 4 is 5.71 Å². The molecule has 2 aromatic rings. The second-order valence-electron chi connectivity index (χ2n) is 5.53. The average molecular weight is 278 g/mol. The number of rotatable bonds is 2. The summed E-state index contributed by atoms with van der Waals surface area (Å²) in [5.74, 6) is 1.01. The van der Waals surface area contributed by atoms with E-state index in [1.165, 1.54) is 11.1 Å². The van der Waals surface area contributed by atoms with Crippen LogP contribution in [-0.4, -0.2) is 16.9 Å². The molecule has 2 heterocycles. The molecular formula is C18H18N2O. The maximum atomic E-state index is 6.10. The molecule has 0 amide bonds. The minimum atomic E-state index is 0.0334. The van der Waals surface area contributed by atoms with Crippen LogP contribution in [0.5, 0.6) is 5.75 Å². The Balaban J connectivity index is 1.74. The van der Waals surface area contributed by atoms with E-state index in [2.05, 4.69) is 54.4 Å². The van der Waals surface area contributed by atoms with Gasteiger partial charge in [-0.15, -0.1) is 0 Å². The van der Waals surface area contributed by atoms with Crippen molar-refractivity contribution in [2.24, 2.45) is 5.10 Å². The minimum absolute atomic E-state index is 0.0334. The van der Waals surface area contributed by atoms with E-state index in [9.17, 15) is 0 Å². The zero-order valence-corrected chi connectivity index (χ0v) is 12.1. The van der Waals surface area contributed by atoms with Gasteiger partial charge in [0.05, 0.1) is 11.8 Å². The smallest absolute Gasteiger partial charge is 0.187 e. The maximum Gasteiger partial charge on any atom is 0.187 e. The van der Waals surface area contributed by atoms with E-state index in [4.69, 9.17) is 9.84 Å². The van der Waals surface area contributed by atoms with Crippen LogP contribution >= 0.6 is 0 Å². The summed E-state index contributed by atoms with van der Waals surface area (Å²) in [6.45, 7) is 2.14. The molecule has 0 radical (unpaired) electrons. The zero-order chi connectivity index (χ0) is 14.2. The normalized spacial score (nSPS) is 23.1.